The first-order valence-corrected chi connectivity index (χ1v) is 10.3. The van der Waals surface area contributed by atoms with Crippen LogP contribution in [0.4, 0.5) is 0 Å². The summed E-state index contributed by atoms with van der Waals surface area (Å²) in [7, 11) is -3.34. The van der Waals surface area contributed by atoms with E-state index < -0.39 is 10.0 Å². The third-order valence-electron chi connectivity index (χ3n) is 3.86. The van der Waals surface area contributed by atoms with Crippen molar-refractivity contribution in [2.24, 2.45) is 0 Å². The van der Waals surface area contributed by atoms with E-state index in [4.69, 9.17) is 16.3 Å². The van der Waals surface area contributed by atoms with Crippen molar-refractivity contribution < 1.29 is 13.2 Å². The normalized spacial score (nSPS) is 22.6. The van der Waals surface area contributed by atoms with Crippen LogP contribution in [0.3, 0.4) is 0 Å². The van der Waals surface area contributed by atoms with Crippen LogP contribution in [-0.2, 0) is 20.5 Å². The smallest absolute Gasteiger partial charge is 0.215 e. The molecule has 0 spiro atoms. The molecule has 1 aromatic heterocycles. The van der Waals surface area contributed by atoms with E-state index in [1.54, 1.807) is 12.1 Å². The Balaban J connectivity index is 1.65. The zero-order chi connectivity index (χ0) is 17.6. The summed E-state index contributed by atoms with van der Waals surface area (Å²) >= 11 is 5.70. The number of unbranched alkanes of at least 4 members (excludes halogenated alkanes) is 1. The number of sulfonamides is 1. The van der Waals surface area contributed by atoms with Gasteiger partial charge in [-0.25, -0.2) is 18.1 Å². The number of nitrogens with one attached hydrogen (secondary N) is 1. The lowest BCUT2D eigenvalue weighted by atomic mass is 10.2. The van der Waals surface area contributed by atoms with E-state index in [1.165, 1.54) is 6.20 Å². The van der Waals surface area contributed by atoms with E-state index in [-0.39, 0.29) is 18.0 Å². The highest BCUT2D eigenvalue weighted by molar-refractivity contribution is 7.88. The van der Waals surface area contributed by atoms with Crippen molar-refractivity contribution >= 4 is 21.6 Å². The zero-order valence-electron chi connectivity index (χ0n) is 14.2. The van der Waals surface area contributed by atoms with Crippen molar-refractivity contribution in [3.05, 3.63) is 29.0 Å². The molecule has 2 rings (SSSR count). The molecular formula is C16H26ClN3O3S. The number of hydrogen-bond donors (Lipinski definition) is 1. The molecule has 1 N–H and O–H groups in total. The van der Waals surface area contributed by atoms with Crippen molar-refractivity contribution in [2.75, 3.05) is 26.2 Å². The van der Waals surface area contributed by atoms with Crippen LogP contribution in [0.1, 0.15) is 32.3 Å². The second-order valence-corrected chi connectivity index (χ2v) is 8.56. The second kappa shape index (κ2) is 9.10. The molecule has 136 valence electrons. The molecular weight excluding hydrogens is 350 g/mol. The molecule has 8 heteroatoms. The van der Waals surface area contributed by atoms with Gasteiger partial charge in [-0.05, 0) is 44.9 Å². The molecule has 24 heavy (non-hydrogen) atoms. The second-order valence-electron chi connectivity index (χ2n) is 6.37. The third kappa shape index (κ3) is 7.03. The molecule has 2 heterocycles. The molecule has 0 radical (unpaired) electrons. The Hall–Kier alpha value is -0.730. The summed E-state index contributed by atoms with van der Waals surface area (Å²) in [6.07, 6.45) is 3.80. The SMILES string of the molecule is C[C@@H]1CN(CCCCNS(=O)(=O)Cc2ccc(Cl)nc2)C[C@@H](C)O1. The minimum absolute atomic E-state index is 0.0737. The molecule has 6 nitrogen and oxygen atoms in total. The van der Waals surface area contributed by atoms with Gasteiger partial charge in [0.2, 0.25) is 10.0 Å². The molecule has 1 aliphatic rings. The Kier molecular flexibility index (Phi) is 7.43. The summed E-state index contributed by atoms with van der Waals surface area (Å²) in [5, 5.41) is 0.357. The zero-order valence-corrected chi connectivity index (χ0v) is 15.8. The lowest BCUT2D eigenvalue weighted by Gasteiger charge is -2.35. The first-order chi connectivity index (χ1) is 11.3. The molecule has 1 fully saturated rings. The van der Waals surface area contributed by atoms with Gasteiger partial charge in [0, 0.05) is 25.8 Å². The maximum absolute atomic E-state index is 12.0. The van der Waals surface area contributed by atoms with Gasteiger partial charge in [-0.3, -0.25) is 4.90 Å². The topological polar surface area (TPSA) is 71.5 Å². The summed E-state index contributed by atoms with van der Waals surface area (Å²) in [6, 6.07) is 3.27. The van der Waals surface area contributed by atoms with Crippen molar-refractivity contribution in [3.8, 4) is 0 Å². The summed E-state index contributed by atoms with van der Waals surface area (Å²) < 4.78 is 32.4. The Bertz CT molecular complexity index is 599. The molecule has 1 saturated heterocycles. The molecule has 0 saturated carbocycles. The fourth-order valence-corrected chi connectivity index (χ4v) is 4.20. The van der Waals surface area contributed by atoms with E-state index >= 15 is 0 Å². The fraction of sp³-hybridized carbons (Fsp3) is 0.688. The van der Waals surface area contributed by atoms with Gasteiger partial charge in [0.25, 0.3) is 0 Å². The Labute approximate surface area is 149 Å². The fourth-order valence-electron chi connectivity index (χ4n) is 2.92. The Morgan fingerprint density at radius 2 is 2.00 bits per heavy atom. The average Bonchev–Trinajstić information content (AvgIpc) is 2.48. The van der Waals surface area contributed by atoms with Gasteiger partial charge in [-0.1, -0.05) is 17.7 Å². The number of aromatic nitrogens is 1. The summed E-state index contributed by atoms with van der Waals surface area (Å²) in [5.74, 6) is -0.0737. The van der Waals surface area contributed by atoms with Gasteiger partial charge in [0.1, 0.15) is 5.15 Å². The minimum Gasteiger partial charge on any atom is -0.373 e. The van der Waals surface area contributed by atoms with Crippen LogP contribution in [0.5, 0.6) is 0 Å². The third-order valence-corrected chi connectivity index (χ3v) is 5.44. The van der Waals surface area contributed by atoms with Crippen LogP contribution in [0.25, 0.3) is 0 Å². The van der Waals surface area contributed by atoms with Crippen LogP contribution in [0, 0.1) is 0 Å². The summed E-state index contributed by atoms with van der Waals surface area (Å²) in [5.41, 5.74) is 0.628. The van der Waals surface area contributed by atoms with E-state index in [0.717, 1.165) is 32.5 Å². The first-order valence-electron chi connectivity index (χ1n) is 8.29. The molecule has 0 unspecified atom stereocenters. The Morgan fingerprint density at radius 1 is 1.29 bits per heavy atom. The quantitative estimate of drug-likeness (QED) is 0.556. The van der Waals surface area contributed by atoms with Crippen LogP contribution in [0.15, 0.2) is 18.3 Å². The van der Waals surface area contributed by atoms with Gasteiger partial charge in [-0.15, -0.1) is 0 Å². The van der Waals surface area contributed by atoms with E-state index in [0.29, 0.717) is 17.3 Å². The first kappa shape index (κ1) is 19.6. The van der Waals surface area contributed by atoms with E-state index in [2.05, 4.69) is 28.5 Å². The number of pyridine rings is 1. The number of morpholine rings is 1. The number of rotatable bonds is 8. The number of hydrogen-bond acceptors (Lipinski definition) is 5. The molecule has 1 aliphatic heterocycles. The van der Waals surface area contributed by atoms with Crippen LogP contribution in [-0.4, -0.2) is 56.7 Å². The van der Waals surface area contributed by atoms with Crippen molar-refractivity contribution in [2.45, 2.75) is 44.6 Å². The molecule has 0 bridgehead atoms. The average molecular weight is 376 g/mol. The molecule has 0 amide bonds. The molecule has 1 aromatic rings. The maximum Gasteiger partial charge on any atom is 0.215 e. The highest BCUT2D eigenvalue weighted by atomic mass is 35.5. The maximum atomic E-state index is 12.0. The van der Waals surface area contributed by atoms with Crippen molar-refractivity contribution in [3.63, 3.8) is 0 Å². The van der Waals surface area contributed by atoms with Gasteiger partial charge >= 0.3 is 0 Å². The van der Waals surface area contributed by atoms with Gasteiger partial charge in [0.05, 0.1) is 18.0 Å². The predicted molar refractivity (Wildman–Crippen MR) is 95.6 cm³/mol. The van der Waals surface area contributed by atoms with Crippen molar-refractivity contribution in [1.82, 2.24) is 14.6 Å². The monoisotopic (exact) mass is 375 g/mol. The largest absolute Gasteiger partial charge is 0.373 e. The van der Waals surface area contributed by atoms with Crippen LogP contribution >= 0.6 is 11.6 Å². The molecule has 2 atom stereocenters. The molecule has 0 aromatic carbocycles. The standard InChI is InChI=1S/C16H26ClN3O3S/c1-13-10-20(11-14(2)23-13)8-4-3-7-19-24(21,22)12-15-5-6-16(17)18-9-15/h5-6,9,13-14,19H,3-4,7-8,10-12H2,1-2H3/t13-,14-/m1/s1. The highest BCUT2D eigenvalue weighted by Crippen LogP contribution is 2.11. The number of nitrogens with zero attached hydrogens (tertiary/aromatic N) is 2. The number of halogens is 1. The van der Waals surface area contributed by atoms with Crippen LogP contribution in [0.2, 0.25) is 5.15 Å². The van der Waals surface area contributed by atoms with Crippen LogP contribution < -0.4 is 4.72 Å². The highest BCUT2D eigenvalue weighted by Gasteiger charge is 2.21. The number of ether oxygens (including phenoxy) is 1. The summed E-state index contributed by atoms with van der Waals surface area (Å²) in [6.45, 7) is 7.49. The van der Waals surface area contributed by atoms with Crippen molar-refractivity contribution in [1.29, 1.82) is 0 Å². The molecule has 0 aliphatic carbocycles. The van der Waals surface area contributed by atoms with E-state index in [9.17, 15) is 8.42 Å². The minimum atomic E-state index is -3.34. The lowest BCUT2D eigenvalue weighted by Crippen LogP contribution is -2.45. The van der Waals surface area contributed by atoms with Gasteiger partial charge < -0.3 is 4.74 Å². The Morgan fingerprint density at radius 3 is 2.62 bits per heavy atom. The summed E-state index contributed by atoms with van der Waals surface area (Å²) in [4.78, 5) is 6.28. The lowest BCUT2D eigenvalue weighted by molar-refractivity contribution is -0.0681. The van der Waals surface area contributed by atoms with Gasteiger partial charge in [-0.2, -0.15) is 0 Å². The predicted octanol–water partition coefficient (Wildman–Crippen LogP) is 2.04. The van der Waals surface area contributed by atoms with E-state index in [1.807, 2.05) is 0 Å². The van der Waals surface area contributed by atoms with Gasteiger partial charge in [0.15, 0.2) is 0 Å².